The molecule has 1 aromatic heterocycles. The van der Waals surface area contributed by atoms with Gasteiger partial charge in [-0.25, -0.2) is 9.11 Å². The summed E-state index contributed by atoms with van der Waals surface area (Å²) in [5, 5.41) is 3.21. The molecule has 0 radical (unpaired) electrons. The lowest BCUT2D eigenvalue weighted by molar-refractivity contribution is -0.127. The van der Waals surface area contributed by atoms with Crippen LogP contribution in [-0.2, 0) is 19.8 Å². The quantitative estimate of drug-likeness (QED) is 0.365. The average Bonchev–Trinajstić information content (AvgIpc) is 2.86. The van der Waals surface area contributed by atoms with E-state index in [1.165, 1.54) is 6.20 Å². The minimum Gasteiger partial charge on any atom is -0.351 e. The van der Waals surface area contributed by atoms with Crippen molar-refractivity contribution in [2.75, 3.05) is 23.9 Å². The topological polar surface area (TPSA) is 121 Å². The number of carbonyl (C=O) groups excluding carboxylic acids is 2. The largest absolute Gasteiger partial charge is 0.351 e. The van der Waals surface area contributed by atoms with Crippen LogP contribution >= 0.6 is 23.2 Å². The van der Waals surface area contributed by atoms with Gasteiger partial charge in [-0.3, -0.25) is 19.5 Å². The number of aromatic nitrogens is 1. The van der Waals surface area contributed by atoms with E-state index in [-0.39, 0.29) is 29.2 Å². The number of hydrogen-bond acceptors (Lipinski definition) is 5. The summed E-state index contributed by atoms with van der Waals surface area (Å²) in [5.41, 5.74) is 0.268. The van der Waals surface area contributed by atoms with Crippen molar-refractivity contribution in [1.82, 2.24) is 19.7 Å². The first kappa shape index (κ1) is 28.3. The highest BCUT2D eigenvalue weighted by molar-refractivity contribution is 7.87. The second kappa shape index (κ2) is 13.3. The van der Waals surface area contributed by atoms with Crippen LogP contribution in [0.2, 0.25) is 5.02 Å². The molecule has 1 aromatic carbocycles. The summed E-state index contributed by atoms with van der Waals surface area (Å²) < 4.78 is 42.8. The monoisotopic (exact) mass is 559 g/mol. The summed E-state index contributed by atoms with van der Waals surface area (Å²) in [6.07, 6.45) is 6.78. The van der Waals surface area contributed by atoms with E-state index in [1.807, 2.05) is 0 Å². The zero-order valence-electron chi connectivity index (χ0n) is 19.4. The van der Waals surface area contributed by atoms with Crippen molar-refractivity contribution in [3.63, 3.8) is 0 Å². The number of pyridine rings is 1. The molecule has 0 saturated heterocycles. The van der Waals surface area contributed by atoms with E-state index in [4.69, 9.17) is 23.2 Å². The van der Waals surface area contributed by atoms with Gasteiger partial charge in [0, 0.05) is 35.1 Å². The van der Waals surface area contributed by atoms with Gasteiger partial charge in [0.25, 0.3) is 10.2 Å². The van der Waals surface area contributed by atoms with Crippen LogP contribution in [0.1, 0.15) is 43.7 Å². The molecular formula is C23H28Cl2FN5O4S. The molecular weight excluding hydrogens is 532 g/mol. The third kappa shape index (κ3) is 7.84. The van der Waals surface area contributed by atoms with Crippen LogP contribution in [-0.4, -0.2) is 50.2 Å². The lowest BCUT2D eigenvalue weighted by atomic mass is 9.94. The third-order valence-corrected chi connectivity index (χ3v) is 7.34. The van der Waals surface area contributed by atoms with Gasteiger partial charge in [0.05, 0.1) is 24.6 Å². The minimum absolute atomic E-state index is 0.0309. The first-order valence-corrected chi connectivity index (χ1v) is 13.9. The maximum Gasteiger partial charge on any atom is 0.277 e. The Morgan fingerprint density at radius 1 is 1.14 bits per heavy atom. The van der Waals surface area contributed by atoms with Crippen LogP contribution in [0.4, 0.5) is 10.1 Å². The fourth-order valence-corrected chi connectivity index (χ4v) is 5.29. The zero-order chi connectivity index (χ0) is 26.1. The molecule has 2 aromatic rings. The van der Waals surface area contributed by atoms with E-state index >= 15 is 0 Å². The van der Waals surface area contributed by atoms with Gasteiger partial charge in [-0.05, 0) is 18.9 Å². The van der Waals surface area contributed by atoms with Crippen LogP contribution in [0.3, 0.4) is 0 Å². The lowest BCUT2D eigenvalue weighted by Gasteiger charge is -2.33. The van der Waals surface area contributed by atoms with Crippen molar-refractivity contribution in [3.05, 3.63) is 59.1 Å². The Hall–Kier alpha value is -2.31. The predicted octanol–water partition coefficient (Wildman–Crippen LogP) is 3.06. The summed E-state index contributed by atoms with van der Waals surface area (Å²) in [5.74, 6) is -2.04. The van der Waals surface area contributed by atoms with Gasteiger partial charge in [0.15, 0.2) is 0 Å². The van der Waals surface area contributed by atoms with Gasteiger partial charge < -0.3 is 5.32 Å². The van der Waals surface area contributed by atoms with Crippen molar-refractivity contribution >= 4 is 50.9 Å². The molecule has 3 rings (SSSR count). The Morgan fingerprint density at radius 3 is 2.53 bits per heavy atom. The molecule has 0 aliphatic heterocycles. The van der Waals surface area contributed by atoms with E-state index in [2.05, 4.69) is 19.7 Å². The van der Waals surface area contributed by atoms with Gasteiger partial charge in [0.2, 0.25) is 11.8 Å². The molecule has 1 aliphatic carbocycles. The van der Waals surface area contributed by atoms with Crippen molar-refractivity contribution < 1.29 is 22.4 Å². The summed E-state index contributed by atoms with van der Waals surface area (Å²) in [6, 6.07) is 6.15. The van der Waals surface area contributed by atoms with Crippen LogP contribution in [0.25, 0.3) is 0 Å². The first-order chi connectivity index (χ1) is 17.2. The van der Waals surface area contributed by atoms with Gasteiger partial charge >= 0.3 is 0 Å². The summed E-state index contributed by atoms with van der Waals surface area (Å²) in [6.45, 7) is -0.763. The number of nitrogens with zero attached hydrogens (tertiary/aromatic N) is 2. The number of nitrogens with one attached hydrogen (secondary N) is 3. The highest BCUT2D eigenvalue weighted by Crippen LogP contribution is 2.32. The van der Waals surface area contributed by atoms with Crippen molar-refractivity contribution in [3.8, 4) is 0 Å². The van der Waals surface area contributed by atoms with E-state index in [0.29, 0.717) is 5.56 Å². The summed E-state index contributed by atoms with van der Waals surface area (Å²) >= 11 is 12.0. The molecule has 1 atom stereocenters. The maximum atomic E-state index is 14.2. The van der Waals surface area contributed by atoms with Crippen LogP contribution < -0.4 is 19.7 Å². The molecule has 1 fully saturated rings. The second-order valence-electron chi connectivity index (χ2n) is 8.30. The smallest absolute Gasteiger partial charge is 0.277 e. The number of halogens is 3. The molecule has 2 amide bonds. The Balaban J connectivity index is 2.00. The van der Waals surface area contributed by atoms with Gasteiger partial charge in [-0.2, -0.15) is 13.1 Å². The molecule has 1 heterocycles. The second-order valence-corrected chi connectivity index (χ2v) is 10.7. The minimum atomic E-state index is -4.05. The van der Waals surface area contributed by atoms with Crippen molar-refractivity contribution in [1.29, 1.82) is 0 Å². The Labute approximate surface area is 219 Å². The molecule has 9 nitrogen and oxygen atoms in total. The van der Waals surface area contributed by atoms with Gasteiger partial charge in [-0.15, -0.1) is 11.6 Å². The molecule has 3 N–H and O–H groups in total. The fraction of sp³-hybridized carbons (Fsp3) is 0.435. The molecule has 36 heavy (non-hydrogen) atoms. The summed E-state index contributed by atoms with van der Waals surface area (Å²) in [7, 11) is -4.05. The van der Waals surface area contributed by atoms with E-state index in [0.717, 1.165) is 49.3 Å². The van der Waals surface area contributed by atoms with E-state index in [1.54, 1.807) is 24.3 Å². The van der Waals surface area contributed by atoms with Crippen molar-refractivity contribution in [2.45, 2.75) is 44.2 Å². The summed E-state index contributed by atoms with van der Waals surface area (Å²) in [4.78, 5) is 32.0. The predicted molar refractivity (Wildman–Crippen MR) is 137 cm³/mol. The number of alkyl halides is 1. The number of anilines is 1. The molecule has 1 unspecified atom stereocenters. The number of hydrogen-bond donors (Lipinski definition) is 3. The highest BCUT2D eigenvalue weighted by atomic mass is 35.5. The Morgan fingerprint density at radius 2 is 1.86 bits per heavy atom. The first-order valence-electron chi connectivity index (χ1n) is 11.5. The Kier molecular flexibility index (Phi) is 10.4. The SMILES string of the molecule is O=C(NC1CCCCC1)C(c1ccccc1Cl)N(C(=O)CNS(=O)(=O)NCCCl)c1cncc(F)c1. The molecule has 0 bridgehead atoms. The maximum absolute atomic E-state index is 14.2. The average molecular weight is 560 g/mol. The van der Waals surface area contributed by atoms with Gasteiger partial charge in [0.1, 0.15) is 11.9 Å². The standard InChI is InChI=1S/C23H28Cl2FN5O4S/c24-10-11-28-36(34,35)29-15-21(32)31(18-12-16(26)13-27-14-18)22(19-8-4-5-9-20(19)25)23(33)30-17-6-2-1-3-7-17/h4-5,8-9,12-14,17,22,28-29H,1-3,6-7,10-11,15H2,(H,30,33). The molecule has 1 saturated carbocycles. The fourth-order valence-electron chi connectivity index (χ4n) is 4.06. The molecule has 196 valence electrons. The van der Waals surface area contributed by atoms with Crippen molar-refractivity contribution in [2.24, 2.45) is 0 Å². The van der Waals surface area contributed by atoms with Crippen LogP contribution in [0.5, 0.6) is 0 Å². The lowest BCUT2D eigenvalue weighted by Crippen LogP contribution is -2.50. The zero-order valence-corrected chi connectivity index (χ0v) is 21.8. The number of carbonyl (C=O) groups is 2. The Bertz CT molecular complexity index is 1160. The normalized spacial score (nSPS) is 15.3. The number of rotatable bonds is 11. The molecule has 1 aliphatic rings. The number of amides is 2. The molecule has 0 spiro atoms. The highest BCUT2D eigenvalue weighted by Gasteiger charge is 2.36. The van der Waals surface area contributed by atoms with Crippen LogP contribution in [0, 0.1) is 5.82 Å². The third-order valence-electron chi connectivity index (χ3n) is 5.70. The number of benzene rings is 1. The van der Waals surface area contributed by atoms with E-state index < -0.39 is 40.4 Å². The van der Waals surface area contributed by atoms with E-state index in [9.17, 15) is 22.4 Å². The van der Waals surface area contributed by atoms with Crippen LogP contribution in [0.15, 0.2) is 42.7 Å². The van der Waals surface area contributed by atoms with Gasteiger partial charge in [-0.1, -0.05) is 49.1 Å². The molecule has 13 heteroatoms.